The van der Waals surface area contributed by atoms with Crippen LogP contribution in [0.3, 0.4) is 0 Å². The molecular weight excluding hydrogens is 318 g/mol. The first-order valence-corrected chi connectivity index (χ1v) is 7.84. The summed E-state index contributed by atoms with van der Waals surface area (Å²) in [6, 6.07) is 9.00. The van der Waals surface area contributed by atoms with Gasteiger partial charge in [-0.3, -0.25) is 14.4 Å². The second-order valence-corrected chi connectivity index (χ2v) is 5.84. The summed E-state index contributed by atoms with van der Waals surface area (Å²) in [6.45, 7) is -0.386. The number of thioether (sulfide) groups is 1. The second kappa shape index (κ2) is 7.65. The molecule has 8 heteroatoms. The predicted molar refractivity (Wildman–Crippen MR) is 83.1 cm³/mol. The number of hydrogen-bond donors (Lipinski definition) is 1. The number of amides is 2. The van der Waals surface area contributed by atoms with E-state index in [0.717, 1.165) is 5.56 Å². The number of carbonyl (C=O) groups excluding carboxylic acids is 3. The Bertz CT molecular complexity index is 671. The molecule has 1 aromatic rings. The lowest BCUT2D eigenvalue weighted by atomic mass is 10.1. The third-order valence-corrected chi connectivity index (χ3v) is 4.50. The molecule has 0 bridgehead atoms. The summed E-state index contributed by atoms with van der Waals surface area (Å²) in [4.78, 5) is 36.4. The van der Waals surface area contributed by atoms with Crippen LogP contribution in [0.5, 0.6) is 0 Å². The average molecular weight is 333 g/mol. The van der Waals surface area contributed by atoms with Gasteiger partial charge in [0, 0.05) is 0 Å². The van der Waals surface area contributed by atoms with E-state index < -0.39 is 11.9 Å². The van der Waals surface area contributed by atoms with Crippen molar-refractivity contribution in [2.75, 3.05) is 26.0 Å². The number of nitrogens with zero attached hydrogens (tertiary/aromatic N) is 2. The van der Waals surface area contributed by atoms with E-state index in [9.17, 15) is 14.4 Å². The highest BCUT2D eigenvalue weighted by atomic mass is 32.2. The highest BCUT2D eigenvalue weighted by Crippen LogP contribution is 2.38. The summed E-state index contributed by atoms with van der Waals surface area (Å²) in [5, 5.41) is 11.1. The molecule has 1 aliphatic rings. The topological polar surface area (TPSA) is 99.5 Å². The third kappa shape index (κ3) is 4.23. The minimum atomic E-state index is -0.557. The number of esters is 1. The Hall–Kier alpha value is -2.53. The van der Waals surface area contributed by atoms with Crippen molar-refractivity contribution in [2.45, 2.75) is 5.37 Å². The van der Waals surface area contributed by atoms with Gasteiger partial charge in [0.2, 0.25) is 11.8 Å². The quantitative estimate of drug-likeness (QED) is 0.784. The molecule has 1 aliphatic heterocycles. The zero-order valence-corrected chi connectivity index (χ0v) is 13.3. The molecule has 1 unspecified atom stereocenters. The van der Waals surface area contributed by atoms with Gasteiger partial charge in [0.25, 0.3) is 0 Å². The number of rotatable bonds is 5. The van der Waals surface area contributed by atoms with Crippen LogP contribution in [0.4, 0.5) is 0 Å². The number of ether oxygens (including phenoxy) is 1. The Morgan fingerprint density at radius 3 is 3.00 bits per heavy atom. The van der Waals surface area contributed by atoms with E-state index in [2.05, 4.69) is 16.1 Å². The molecular formula is C15H15N3O4S. The van der Waals surface area contributed by atoms with Gasteiger partial charge in [-0.2, -0.15) is 5.26 Å². The molecule has 1 fully saturated rings. The SMILES string of the molecule is COC(=O)CNC(=O)CN1C(=O)CSC1c1cccc(C#N)c1. The fourth-order valence-electron chi connectivity index (χ4n) is 2.12. The molecule has 1 saturated heterocycles. The summed E-state index contributed by atoms with van der Waals surface area (Å²) < 4.78 is 4.44. The van der Waals surface area contributed by atoms with Gasteiger partial charge in [-0.15, -0.1) is 11.8 Å². The molecule has 2 rings (SSSR count). The van der Waals surface area contributed by atoms with Crippen molar-refractivity contribution in [3.63, 3.8) is 0 Å². The van der Waals surface area contributed by atoms with E-state index in [1.54, 1.807) is 18.2 Å². The van der Waals surface area contributed by atoms with E-state index in [1.807, 2.05) is 6.07 Å². The maximum atomic E-state index is 12.0. The van der Waals surface area contributed by atoms with Gasteiger partial charge in [0.1, 0.15) is 18.5 Å². The summed E-state index contributed by atoms with van der Waals surface area (Å²) in [6.07, 6.45) is 0. The monoisotopic (exact) mass is 333 g/mol. The van der Waals surface area contributed by atoms with Crippen LogP contribution in [0.15, 0.2) is 24.3 Å². The van der Waals surface area contributed by atoms with Crippen molar-refractivity contribution in [2.24, 2.45) is 0 Å². The summed E-state index contributed by atoms with van der Waals surface area (Å²) >= 11 is 1.40. The Labute approximate surface area is 137 Å². The van der Waals surface area contributed by atoms with Gasteiger partial charge in [0.15, 0.2) is 0 Å². The minimum absolute atomic E-state index is 0.149. The van der Waals surface area contributed by atoms with Crippen LogP contribution in [-0.4, -0.2) is 48.6 Å². The maximum Gasteiger partial charge on any atom is 0.325 e. The molecule has 120 valence electrons. The van der Waals surface area contributed by atoms with Gasteiger partial charge in [-0.25, -0.2) is 0 Å². The smallest absolute Gasteiger partial charge is 0.325 e. The third-order valence-electron chi connectivity index (χ3n) is 3.24. The fourth-order valence-corrected chi connectivity index (χ4v) is 3.29. The summed E-state index contributed by atoms with van der Waals surface area (Å²) in [5.41, 5.74) is 1.29. The maximum absolute atomic E-state index is 12.0. The van der Waals surface area contributed by atoms with Crippen molar-refractivity contribution in [3.8, 4) is 6.07 Å². The van der Waals surface area contributed by atoms with Gasteiger partial charge in [-0.05, 0) is 17.7 Å². The molecule has 0 spiro atoms. The first-order chi connectivity index (χ1) is 11.0. The van der Waals surface area contributed by atoms with E-state index in [1.165, 1.54) is 23.8 Å². The fraction of sp³-hybridized carbons (Fsp3) is 0.333. The molecule has 1 N–H and O–H groups in total. The molecule has 2 amide bonds. The zero-order valence-electron chi connectivity index (χ0n) is 12.4. The standard InChI is InChI=1S/C15H15N3O4S/c1-22-14(21)7-17-12(19)8-18-13(20)9-23-15(18)11-4-2-3-10(5-11)6-16/h2-5,15H,7-9H2,1H3,(H,17,19). The van der Waals surface area contributed by atoms with E-state index in [4.69, 9.17) is 5.26 Å². The van der Waals surface area contributed by atoms with Crippen molar-refractivity contribution in [1.29, 1.82) is 5.26 Å². The number of benzene rings is 1. The van der Waals surface area contributed by atoms with Gasteiger partial charge >= 0.3 is 5.97 Å². The lowest BCUT2D eigenvalue weighted by Crippen LogP contribution is -2.41. The van der Waals surface area contributed by atoms with Gasteiger partial charge in [-0.1, -0.05) is 12.1 Å². The largest absolute Gasteiger partial charge is 0.468 e. The Balaban J connectivity index is 2.06. The lowest BCUT2D eigenvalue weighted by molar-refractivity contribution is -0.141. The Morgan fingerprint density at radius 2 is 2.30 bits per heavy atom. The highest BCUT2D eigenvalue weighted by molar-refractivity contribution is 8.00. The predicted octanol–water partition coefficient (Wildman–Crippen LogP) is 0.421. The molecule has 0 aromatic heterocycles. The molecule has 1 atom stereocenters. The second-order valence-electron chi connectivity index (χ2n) is 4.78. The van der Waals surface area contributed by atoms with Crippen molar-refractivity contribution in [1.82, 2.24) is 10.2 Å². The van der Waals surface area contributed by atoms with Crippen molar-refractivity contribution >= 4 is 29.5 Å². The first kappa shape index (κ1) is 16.8. The number of methoxy groups -OCH3 is 1. The number of nitriles is 1. The molecule has 7 nitrogen and oxygen atoms in total. The van der Waals surface area contributed by atoms with E-state index in [0.29, 0.717) is 5.56 Å². The molecule has 1 heterocycles. The normalized spacial score (nSPS) is 16.8. The van der Waals surface area contributed by atoms with Crippen LogP contribution in [0.2, 0.25) is 0 Å². The highest BCUT2D eigenvalue weighted by Gasteiger charge is 2.34. The minimum Gasteiger partial charge on any atom is -0.468 e. The molecule has 0 saturated carbocycles. The lowest BCUT2D eigenvalue weighted by Gasteiger charge is -2.23. The van der Waals surface area contributed by atoms with Crippen LogP contribution in [-0.2, 0) is 19.1 Å². The molecule has 0 radical (unpaired) electrons. The first-order valence-electron chi connectivity index (χ1n) is 6.80. The number of hydrogen-bond acceptors (Lipinski definition) is 6. The van der Waals surface area contributed by atoms with Crippen LogP contribution in [0, 0.1) is 11.3 Å². The average Bonchev–Trinajstić information content (AvgIpc) is 2.93. The molecule has 0 aliphatic carbocycles. The van der Waals surface area contributed by atoms with Crippen LogP contribution in [0.25, 0.3) is 0 Å². The van der Waals surface area contributed by atoms with Gasteiger partial charge < -0.3 is 15.0 Å². The van der Waals surface area contributed by atoms with Crippen molar-refractivity contribution < 1.29 is 19.1 Å². The molecule has 23 heavy (non-hydrogen) atoms. The Morgan fingerprint density at radius 1 is 1.52 bits per heavy atom. The van der Waals surface area contributed by atoms with Crippen molar-refractivity contribution in [3.05, 3.63) is 35.4 Å². The number of carbonyl (C=O) groups is 3. The summed E-state index contributed by atoms with van der Waals surface area (Å²) in [7, 11) is 1.23. The molecule has 1 aromatic carbocycles. The zero-order chi connectivity index (χ0) is 16.8. The van der Waals surface area contributed by atoms with Crippen LogP contribution >= 0.6 is 11.8 Å². The van der Waals surface area contributed by atoms with E-state index in [-0.39, 0.29) is 30.1 Å². The van der Waals surface area contributed by atoms with Gasteiger partial charge in [0.05, 0.1) is 24.5 Å². The van der Waals surface area contributed by atoms with Crippen LogP contribution < -0.4 is 5.32 Å². The number of nitrogens with one attached hydrogen (secondary N) is 1. The summed E-state index contributed by atoms with van der Waals surface area (Å²) in [5.74, 6) is -0.881. The Kier molecular flexibility index (Phi) is 5.60. The van der Waals surface area contributed by atoms with Crippen LogP contribution in [0.1, 0.15) is 16.5 Å². The van der Waals surface area contributed by atoms with E-state index >= 15 is 0 Å².